The van der Waals surface area contributed by atoms with Crippen molar-refractivity contribution < 1.29 is 23.5 Å². The fraction of sp³-hybridized carbons (Fsp3) is 0.375. The van der Waals surface area contributed by atoms with Crippen LogP contribution < -0.4 is 4.74 Å². The first-order valence-electron chi connectivity index (χ1n) is 10.00. The highest BCUT2D eigenvalue weighted by molar-refractivity contribution is 6.03. The van der Waals surface area contributed by atoms with E-state index in [4.69, 9.17) is 9.47 Å². The van der Waals surface area contributed by atoms with Crippen molar-refractivity contribution in [1.82, 2.24) is 4.57 Å². The van der Waals surface area contributed by atoms with Crippen molar-refractivity contribution in [2.24, 2.45) is 5.92 Å². The van der Waals surface area contributed by atoms with E-state index in [1.54, 1.807) is 0 Å². The van der Waals surface area contributed by atoms with Gasteiger partial charge in [0.25, 0.3) is 0 Å². The van der Waals surface area contributed by atoms with Gasteiger partial charge in [0.1, 0.15) is 23.2 Å². The quantitative estimate of drug-likeness (QED) is 0.253. The molecule has 1 aromatic heterocycles. The van der Waals surface area contributed by atoms with Crippen molar-refractivity contribution in [2.45, 2.75) is 40.7 Å². The van der Waals surface area contributed by atoms with Gasteiger partial charge in [0.15, 0.2) is 6.61 Å². The lowest BCUT2D eigenvalue weighted by molar-refractivity contribution is -0.137. The number of rotatable bonds is 9. The number of hydrogen-bond donors (Lipinski definition) is 0. The molecule has 0 bridgehead atoms. The van der Waals surface area contributed by atoms with Crippen LogP contribution in [-0.2, 0) is 16.1 Å². The summed E-state index contributed by atoms with van der Waals surface area (Å²) in [7, 11) is 1.35. The molecule has 164 valence electrons. The van der Waals surface area contributed by atoms with Gasteiger partial charge in [-0.3, -0.25) is 4.79 Å². The number of esters is 1. The molecule has 2 aromatic rings. The largest absolute Gasteiger partial charge is 0.496 e. The summed E-state index contributed by atoms with van der Waals surface area (Å²) in [6, 6.07) is 7.24. The molecule has 2 rings (SSSR count). The predicted octanol–water partition coefficient (Wildman–Crippen LogP) is 4.63. The fourth-order valence-electron chi connectivity index (χ4n) is 3.18. The van der Waals surface area contributed by atoms with Gasteiger partial charge in [0, 0.05) is 17.9 Å². The van der Waals surface area contributed by atoms with Gasteiger partial charge >= 0.3 is 5.97 Å². The second kappa shape index (κ2) is 10.6. The minimum absolute atomic E-state index is 0.0357. The third-order valence-corrected chi connectivity index (χ3v) is 4.98. The maximum atomic E-state index is 13.5. The second-order valence-corrected chi connectivity index (χ2v) is 7.67. The average Bonchev–Trinajstić information content (AvgIpc) is 3.00. The summed E-state index contributed by atoms with van der Waals surface area (Å²) >= 11 is 0. The first kappa shape index (κ1) is 23.9. The Kier molecular flexibility index (Phi) is 8.14. The summed E-state index contributed by atoms with van der Waals surface area (Å²) in [4.78, 5) is 24.7. The minimum atomic E-state index is -0.918. The topological polar surface area (TPSA) is 81.3 Å². The maximum Gasteiger partial charge on any atom is 0.349 e. The van der Waals surface area contributed by atoms with E-state index < -0.39 is 24.2 Å². The van der Waals surface area contributed by atoms with E-state index in [-0.39, 0.29) is 16.9 Å². The van der Waals surface area contributed by atoms with Crippen LogP contribution >= 0.6 is 0 Å². The Labute approximate surface area is 181 Å². The molecular weight excluding hydrogens is 399 g/mol. The number of Topliss-reactive ketones (excluding diaryl/α,β-unsaturated/α-hetero) is 1. The zero-order chi connectivity index (χ0) is 23.1. The first-order chi connectivity index (χ1) is 14.7. The normalized spacial score (nSPS) is 11.4. The van der Waals surface area contributed by atoms with Gasteiger partial charge in [-0.2, -0.15) is 5.26 Å². The maximum absolute atomic E-state index is 13.5. The zero-order valence-corrected chi connectivity index (χ0v) is 18.5. The zero-order valence-electron chi connectivity index (χ0n) is 18.5. The number of halogens is 1. The molecule has 1 heterocycles. The van der Waals surface area contributed by atoms with E-state index in [2.05, 4.69) is 18.4 Å². The molecule has 1 aromatic carbocycles. The smallest absolute Gasteiger partial charge is 0.349 e. The molecular formula is C24H27FN2O4. The molecule has 0 radical (unpaired) electrons. The molecule has 6 nitrogen and oxygen atoms in total. The summed E-state index contributed by atoms with van der Waals surface area (Å²) in [6.45, 7) is 8.42. The molecule has 0 amide bonds. The Morgan fingerprint density at radius 1 is 1.26 bits per heavy atom. The molecule has 31 heavy (non-hydrogen) atoms. The molecule has 0 aliphatic rings. The van der Waals surface area contributed by atoms with E-state index >= 15 is 0 Å². The molecule has 0 saturated heterocycles. The first-order valence-corrected chi connectivity index (χ1v) is 10.00. The molecule has 0 aliphatic heterocycles. The number of aromatic nitrogens is 1. The molecule has 0 fully saturated rings. The summed E-state index contributed by atoms with van der Waals surface area (Å²) in [6.07, 6.45) is 2.47. The fourth-order valence-corrected chi connectivity index (χ4v) is 3.18. The van der Waals surface area contributed by atoms with E-state index in [1.165, 1.54) is 19.3 Å². The third kappa shape index (κ3) is 6.05. The standard InChI is InChI=1S/C24H27FN2O4/c1-15(2)8-9-27-16(3)10-18(17(27)4)11-19(13-26)24(29)31-14-22(28)21-12-20(25)6-7-23(21)30-5/h6-7,10-12,15H,8-9,14H2,1-5H3/b19-11+. The highest BCUT2D eigenvalue weighted by Crippen LogP contribution is 2.22. The Hall–Kier alpha value is -3.40. The van der Waals surface area contributed by atoms with Crippen molar-refractivity contribution in [1.29, 1.82) is 5.26 Å². The van der Waals surface area contributed by atoms with Crippen LogP contribution in [0.5, 0.6) is 5.75 Å². The van der Waals surface area contributed by atoms with Crippen LogP contribution in [0, 0.1) is 36.9 Å². The lowest BCUT2D eigenvalue weighted by Gasteiger charge is -2.11. The van der Waals surface area contributed by atoms with Crippen LogP contribution in [-0.4, -0.2) is 30.0 Å². The molecule has 0 spiro atoms. The van der Waals surface area contributed by atoms with Gasteiger partial charge in [-0.15, -0.1) is 0 Å². The Balaban J connectivity index is 2.15. The van der Waals surface area contributed by atoms with Gasteiger partial charge in [-0.25, -0.2) is 9.18 Å². The highest BCUT2D eigenvalue weighted by Gasteiger charge is 2.19. The monoisotopic (exact) mass is 426 g/mol. The van der Waals surface area contributed by atoms with Gasteiger partial charge in [0.2, 0.25) is 5.78 Å². The molecule has 0 saturated carbocycles. The van der Waals surface area contributed by atoms with Crippen molar-refractivity contribution in [2.75, 3.05) is 13.7 Å². The Bertz CT molecular complexity index is 1040. The summed E-state index contributed by atoms with van der Waals surface area (Å²) in [5.74, 6) is -1.43. The number of ether oxygens (including phenoxy) is 2. The Morgan fingerprint density at radius 2 is 1.97 bits per heavy atom. The average molecular weight is 426 g/mol. The molecule has 0 atom stereocenters. The highest BCUT2D eigenvalue weighted by atomic mass is 19.1. The molecule has 0 aliphatic carbocycles. The molecule has 0 N–H and O–H groups in total. The van der Waals surface area contributed by atoms with Gasteiger partial charge in [-0.1, -0.05) is 13.8 Å². The van der Waals surface area contributed by atoms with Crippen LogP contribution in [0.25, 0.3) is 6.08 Å². The van der Waals surface area contributed by atoms with Gasteiger partial charge in [0.05, 0.1) is 12.7 Å². The summed E-state index contributed by atoms with van der Waals surface area (Å²) in [5, 5.41) is 9.42. The van der Waals surface area contributed by atoms with Crippen LogP contribution in [0.3, 0.4) is 0 Å². The number of methoxy groups -OCH3 is 1. The SMILES string of the molecule is COc1ccc(F)cc1C(=O)COC(=O)/C(C#N)=C/c1cc(C)n(CCC(C)C)c1C. The molecule has 7 heteroatoms. The minimum Gasteiger partial charge on any atom is -0.496 e. The van der Waals surface area contributed by atoms with E-state index in [9.17, 15) is 19.2 Å². The van der Waals surface area contributed by atoms with E-state index in [0.29, 0.717) is 5.92 Å². The number of ketones is 1. The second-order valence-electron chi connectivity index (χ2n) is 7.67. The van der Waals surface area contributed by atoms with E-state index in [0.717, 1.165) is 42.0 Å². The number of nitriles is 1. The number of carbonyl (C=O) groups excluding carboxylic acids is 2. The van der Waals surface area contributed by atoms with Crippen LogP contribution in [0.1, 0.15) is 47.6 Å². The van der Waals surface area contributed by atoms with Crippen molar-refractivity contribution in [3.8, 4) is 11.8 Å². The Morgan fingerprint density at radius 3 is 2.58 bits per heavy atom. The summed E-state index contributed by atoms with van der Waals surface area (Å²) in [5.41, 5.74) is 2.46. The number of nitrogens with zero attached hydrogens (tertiary/aromatic N) is 2. The van der Waals surface area contributed by atoms with Crippen LogP contribution in [0.4, 0.5) is 4.39 Å². The third-order valence-electron chi connectivity index (χ3n) is 4.98. The predicted molar refractivity (Wildman–Crippen MR) is 115 cm³/mol. The number of benzene rings is 1. The van der Waals surface area contributed by atoms with E-state index in [1.807, 2.05) is 26.0 Å². The number of carbonyl (C=O) groups is 2. The van der Waals surface area contributed by atoms with Gasteiger partial charge in [-0.05, 0) is 62.1 Å². The van der Waals surface area contributed by atoms with Crippen LogP contribution in [0.2, 0.25) is 0 Å². The lowest BCUT2D eigenvalue weighted by atomic mass is 10.1. The van der Waals surface area contributed by atoms with Crippen LogP contribution in [0.15, 0.2) is 29.8 Å². The summed E-state index contributed by atoms with van der Waals surface area (Å²) < 4.78 is 25.7. The molecule has 0 unspecified atom stereocenters. The van der Waals surface area contributed by atoms with Crippen molar-refractivity contribution in [3.63, 3.8) is 0 Å². The number of hydrogen-bond acceptors (Lipinski definition) is 5. The lowest BCUT2D eigenvalue weighted by Crippen LogP contribution is -2.16. The van der Waals surface area contributed by atoms with Crippen molar-refractivity contribution in [3.05, 3.63) is 58.2 Å². The van der Waals surface area contributed by atoms with Crippen molar-refractivity contribution >= 4 is 17.8 Å². The number of aryl methyl sites for hydroxylation is 1. The van der Waals surface area contributed by atoms with Gasteiger partial charge < -0.3 is 14.0 Å².